The highest BCUT2D eigenvalue weighted by Crippen LogP contribution is 2.31. The van der Waals surface area contributed by atoms with Gasteiger partial charge in [-0.15, -0.1) is 0 Å². The molecule has 1 unspecified atom stereocenters. The first-order valence-electron chi connectivity index (χ1n) is 11.5. The number of benzene rings is 1. The number of rotatable bonds is 11. The highest BCUT2D eigenvalue weighted by Gasteiger charge is 2.32. The molecule has 2 saturated carbocycles. The zero-order chi connectivity index (χ0) is 22.1. The quantitative estimate of drug-likeness (QED) is 0.243. The number of hydrogen-bond donors (Lipinski definition) is 2. The summed E-state index contributed by atoms with van der Waals surface area (Å²) in [5.74, 6) is -0.915. The van der Waals surface area contributed by atoms with Crippen LogP contribution in [0, 0.1) is 11.8 Å². The van der Waals surface area contributed by atoms with Crippen LogP contribution in [0.1, 0.15) is 63.4 Å². The predicted molar refractivity (Wildman–Crippen MR) is 115 cm³/mol. The average molecular weight is 431 g/mol. The molecule has 0 bridgehead atoms. The van der Waals surface area contributed by atoms with Crippen molar-refractivity contribution in [2.75, 3.05) is 6.54 Å². The number of nitrogens with one attached hydrogen (secondary N) is 1. The van der Waals surface area contributed by atoms with Crippen molar-refractivity contribution in [2.24, 2.45) is 11.8 Å². The van der Waals surface area contributed by atoms with E-state index < -0.39 is 17.9 Å². The maximum atomic E-state index is 13.2. The van der Waals surface area contributed by atoms with E-state index in [4.69, 9.17) is 4.74 Å². The minimum atomic E-state index is -0.801. The molecule has 2 fully saturated rings. The SMILES string of the molecule is O=CN(O)CC(CC1CCCC1)C(=O)N[C@@H](Cc1ccccc1)C(=O)OC1CCCC1. The van der Waals surface area contributed by atoms with E-state index in [1.807, 2.05) is 30.3 Å². The summed E-state index contributed by atoms with van der Waals surface area (Å²) >= 11 is 0. The van der Waals surface area contributed by atoms with Crippen LogP contribution in [-0.2, 0) is 25.5 Å². The lowest BCUT2D eigenvalue weighted by Gasteiger charge is -2.26. The Labute approximate surface area is 184 Å². The van der Waals surface area contributed by atoms with Gasteiger partial charge in [0.1, 0.15) is 12.1 Å². The third-order valence-electron chi connectivity index (χ3n) is 6.46. The van der Waals surface area contributed by atoms with Crippen LogP contribution in [0.5, 0.6) is 0 Å². The Bertz CT molecular complexity index is 714. The third kappa shape index (κ3) is 7.35. The molecule has 2 amide bonds. The van der Waals surface area contributed by atoms with Crippen molar-refractivity contribution in [3.8, 4) is 0 Å². The number of amides is 2. The summed E-state index contributed by atoms with van der Waals surface area (Å²) in [6.07, 6.45) is 9.36. The van der Waals surface area contributed by atoms with Gasteiger partial charge in [-0.05, 0) is 43.6 Å². The van der Waals surface area contributed by atoms with Crippen molar-refractivity contribution < 1.29 is 24.3 Å². The molecule has 0 aliphatic heterocycles. The summed E-state index contributed by atoms with van der Waals surface area (Å²) in [5, 5.41) is 13.1. The lowest BCUT2D eigenvalue weighted by atomic mass is 9.92. The van der Waals surface area contributed by atoms with E-state index in [1.54, 1.807) is 0 Å². The Morgan fingerprint density at radius 1 is 1.10 bits per heavy atom. The summed E-state index contributed by atoms with van der Waals surface area (Å²) in [7, 11) is 0. The van der Waals surface area contributed by atoms with Crippen molar-refractivity contribution in [3.05, 3.63) is 35.9 Å². The van der Waals surface area contributed by atoms with E-state index in [0.717, 1.165) is 56.9 Å². The molecule has 170 valence electrons. The predicted octanol–water partition coefficient (Wildman–Crippen LogP) is 3.24. The lowest BCUT2D eigenvalue weighted by molar-refractivity contribution is -0.157. The number of carbonyl (C=O) groups is 3. The second-order valence-corrected chi connectivity index (χ2v) is 8.90. The van der Waals surface area contributed by atoms with Gasteiger partial charge in [-0.3, -0.25) is 14.8 Å². The van der Waals surface area contributed by atoms with Crippen molar-refractivity contribution in [1.29, 1.82) is 0 Å². The van der Waals surface area contributed by atoms with Crippen LogP contribution < -0.4 is 5.32 Å². The molecule has 0 spiro atoms. The van der Waals surface area contributed by atoms with Crippen molar-refractivity contribution in [3.63, 3.8) is 0 Å². The number of esters is 1. The molecular weight excluding hydrogens is 396 g/mol. The minimum absolute atomic E-state index is 0.0818. The summed E-state index contributed by atoms with van der Waals surface area (Å²) in [5.41, 5.74) is 0.931. The van der Waals surface area contributed by atoms with E-state index in [2.05, 4.69) is 5.32 Å². The Balaban J connectivity index is 1.69. The molecule has 0 radical (unpaired) electrons. The van der Waals surface area contributed by atoms with E-state index in [9.17, 15) is 19.6 Å². The highest BCUT2D eigenvalue weighted by molar-refractivity contribution is 5.86. The second-order valence-electron chi connectivity index (χ2n) is 8.90. The monoisotopic (exact) mass is 430 g/mol. The molecule has 0 aromatic heterocycles. The topological polar surface area (TPSA) is 95.9 Å². The van der Waals surface area contributed by atoms with Crippen LogP contribution in [0.3, 0.4) is 0 Å². The highest BCUT2D eigenvalue weighted by atomic mass is 16.5. The first-order chi connectivity index (χ1) is 15.0. The molecule has 2 atom stereocenters. The van der Waals surface area contributed by atoms with Crippen LogP contribution in [0.15, 0.2) is 30.3 Å². The molecule has 7 heteroatoms. The molecule has 2 aliphatic rings. The minimum Gasteiger partial charge on any atom is -0.461 e. The van der Waals surface area contributed by atoms with Gasteiger partial charge in [0.05, 0.1) is 12.5 Å². The molecule has 31 heavy (non-hydrogen) atoms. The molecule has 1 aromatic rings. The summed E-state index contributed by atoms with van der Waals surface area (Å²) in [6.45, 7) is -0.0818. The third-order valence-corrected chi connectivity index (χ3v) is 6.46. The molecule has 1 aromatic carbocycles. The van der Waals surface area contributed by atoms with Gasteiger partial charge in [-0.1, -0.05) is 56.0 Å². The normalized spacial score (nSPS) is 19.0. The Hall–Kier alpha value is -2.41. The summed E-state index contributed by atoms with van der Waals surface area (Å²) in [4.78, 5) is 37.0. The molecule has 0 heterocycles. The summed E-state index contributed by atoms with van der Waals surface area (Å²) < 4.78 is 5.69. The van der Waals surface area contributed by atoms with Gasteiger partial charge in [-0.2, -0.15) is 0 Å². The van der Waals surface area contributed by atoms with Crippen LogP contribution in [0.4, 0.5) is 0 Å². The van der Waals surface area contributed by atoms with E-state index in [0.29, 0.717) is 30.2 Å². The molecule has 0 saturated heterocycles. The largest absolute Gasteiger partial charge is 0.461 e. The fourth-order valence-electron chi connectivity index (χ4n) is 4.77. The number of ether oxygens (including phenoxy) is 1. The van der Waals surface area contributed by atoms with Gasteiger partial charge in [0.15, 0.2) is 0 Å². The van der Waals surface area contributed by atoms with Crippen LogP contribution in [-0.4, -0.2) is 47.2 Å². The first kappa shape index (κ1) is 23.3. The molecular formula is C24H34N2O5. The van der Waals surface area contributed by atoms with E-state index in [1.165, 1.54) is 0 Å². The molecule has 7 nitrogen and oxygen atoms in total. The van der Waals surface area contributed by atoms with Crippen LogP contribution in [0.25, 0.3) is 0 Å². The van der Waals surface area contributed by atoms with Crippen molar-refractivity contribution in [2.45, 2.75) is 76.4 Å². The lowest BCUT2D eigenvalue weighted by Crippen LogP contribution is -2.48. The van der Waals surface area contributed by atoms with Crippen molar-refractivity contribution >= 4 is 18.3 Å². The van der Waals surface area contributed by atoms with Crippen LogP contribution >= 0.6 is 0 Å². The van der Waals surface area contributed by atoms with E-state index in [-0.39, 0.29) is 18.6 Å². The molecule has 2 aliphatic carbocycles. The maximum absolute atomic E-state index is 13.2. The number of hydrogen-bond acceptors (Lipinski definition) is 5. The fraction of sp³-hybridized carbons (Fsp3) is 0.625. The first-order valence-corrected chi connectivity index (χ1v) is 11.5. The Morgan fingerprint density at radius 3 is 2.39 bits per heavy atom. The van der Waals surface area contributed by atoms with Gasteiger partial charge in [-0.25, -0.2) is 9.86 Å². The summed E-state index contributed by atoms with van der Waals surface area (Å²) in [6, 6.07) is 8.73. The molecule has 2 N–H and O–H groups in total. The van der Waals surface area contributed by atoms with Gasteiger partial charge in [0.25, 0.3) is 0 Å². The smallest absolute Gasteiger partial charge is 0.329 e. The number of nitrogens with zero attached hydrogens (tertiary/aromatic N) is 1. The van der Waals surface area contributed by atoms with Crippen molar-refractivity contribution in [1.82, 2.24) is 10.4 Å². The Kier molecular flexibility index (Phi) is 8.88. The van der Waals surface area contributed by atoms with Gasteiger partial charge in [0, 0.05) is 6.42 Å². The fourth-order valence-corrected chi connectivity index (χ4v) is 4.77. The average Bonchev–Trinajstić information content (AvgIpc) is 3.47. The van der Waals surface area contributed by atoms with Gasteiger partial charge >= 0.3 is 5.97 Å². The maximum Gasteiger partial charge on any atom is 0.329 e. The van der Waals surface area contributed by atoms with Gasteiger partial charge in [0.2, 0.25) is 12.3 Å². The van der Waals surface area contributed by atoms with Gasteiger partial charge < -0.3 is 10.1 Å². The zero-order valence-electron chi connectivity index (χ0n) is 18.1. The molecule has 3 rings (SSSR count). The standard InChI is InChI=1S/C24H34N2O5/c27-17-26(30)16-20(14-18-10-4-5-11-18)23(28)25-22(15-19-8-2-1-3-9-19)24(29)31-21-12-6-7-13-21/h1-3,8-9,17-18,20-22,30H,4-7,10-16H2,(H,25,28)/t20?,22-/m0/s1. The number of hydroxylamine groups is 2. The van der Waals surface area contributed by atoms with Crippen LogP contribution in [0.2, 0.25) is 0 Å². The number of carbonyl (C=O) groups excluding carboxylic acids is 3. The van der Waals surface area contributed by atoms with E-state index >= 15 is 0 Å². The Morgan fingerprint density at radius 2 is 1.74 bits per heavy atom. The zero-order valence-corrected chi connectivity index (χ0v) is 18.1. The second kappa shape index (κ2) is 11.8.